The molecule has 1 N–H and O–H groups in total. The van der Waals surface area contributed by atoms with Crippen LogP contribution in [0.4, 0.5) is 5.69 Å². The fourth-order valence-corrected chi connectivity index (χ4v) is 5.11. The van der Waals surface area contributed by atoms with Crippen LogP contribution in [0.15, 0.2) is 59.5 Å². The summed E-state index contributed by atoms with van der Waals surface area (Å²) in [5.74, 6) is 0.429. The minimum absolute atomic E-state index is 0.270. The number of hydrogen-bond donors (Lipinski definition) is 1. The van der Waals surface area contributed by atoms with E-state index < -0.39 is 9.84 Å². The molecule has 1 saturated carbocycles. The number of hydrogen-bond acceptors (Lipinski definition) is 4. The highest BCUT2D eigenvalue weighted by atomic mass is 32.2. The van der Waals surface area contributed by atoms with Crippen LogP contribution in [-0.4, -0.2) is 26.7 Å². The Morgan fingerprint density at radius 2 is 1.81 bits per heavy atom. The highest BCUT2D eigenvalue weighted by molar-refractivity contribution is 7.92. The Bertz CT molecular complexity index is 927. The second-order valence-corrected chi connectivity index (χ2v) is 8.80. The largest absolute Gasteiger partial charge is 0.497 e. The molecule has 142 valence electrons. The number of carbonyl (C=O) groups excluding carboxylic acids is 1. The van der Waals surface area contributed by atoms with Crippen molar-refractivity contribution in [2.45, 2.75) is 35.8 Å². The van der Waals surface area contributed by atoms with Gasteiger partial charge in [0.05, 0.1) is 17.3 Å². The number of benzene rings is 2. The van der Waals surface area contributed by atoms with Crippen molar-refractivity contribution < 1.29 is 17.9 Å². The topological polar surface area (TPSA) is 72.5 Å². The highest BCUT2D eigenvalue weighted by Crippen LogP contribution is 2.30. The SMILES string of the molecule is COc1ccc(/C=C/C(=O)Nc2cccc(S(=O)(=O)C3CCCC3)c2)cc1. The quantitative estimate of drug-likeness (QED) is 0.761. The van der Waals surface area contributed by atoms with Gasteiger partial charge in [-0.25, -0.2) is 8.42 Å². The van der Waals surface area contributed by atoms with Crippen LogP contribution >= 0.6 is 0 Å². The van der Waals surface area contributed by atoms with Crippen molar-refractivity contribution in [3.63, 3.8) is 0 Å². The van der Waals surface area contributed by atoms with Crippen LogP contribution in [0.25, 0.3) is 6.08 Å². The summed E-state index contributed by atoms with van der Waals surface area (Å²) >= 11 is 0. The molecule has 0 saturated heterocycles. The molecule has 1 aliphatic carbocycles. The van der Waals surface area contributed by atoms with E-state index in [0.29, 0.717) is 18.5 Å². The Morgan fingerprint density at radius 3 is 2.48 bits per heavy atom. The maximum absolute atomic E-state index is 12.7. The molecule has 0 atom stereocenters. The molecule has 5 nitrogen and oxygen atoms in total. The molecule has 1 fully saturated rings. The number of methoxy groups -OCH3 is 1. The first-order valence-corrected chi connectivity index (χ1v) is 10.5. The number of carbonyl (C=O) groups is 1. The lowest BCUT2D eigenvalue weighted by Crippen LogP contribution is -2.18. The van der Waals surface area contributed by atoms with E-state index in [1.54, 1.807) is 31.4 Å². The van der Waals surface area contributed by atoms with E-state index in [1.165, 1.54) is 12.1 Å². The summed E-state index contributed by atoms with van der Waals surface area (Å²) in [6.07, 6.45) is 6.44. The van der Waals surface area contributed by atoms with Gasteiger partial charge in [0.15, 0.2) is 9.84 Å². The molecule has 0 bridgehead atoms. The van der Waals surface area contributed by atoms with E-state index in [-0.39, 0.29) is 16.1 Å². The summed E-state index contributed by atoms with van der Waals surface area (Å²) in [7, 11) is -1.74. The van der Waals surface area contributed by atoms with Crippen molar-refractivity contribution in [1.29, 1.82) is 0 Å². The van der Waals surface area contributed by atoms with E-state index in [4.69, 9.17) is 4.74 Å². The Kier molecular flexibility index (Phi) is 5.96. The van der Waals surface area contributed by atoms with Crippen molar-refractivity contribution in [3.05, 3.63) is 60.2 Å². The molecule has 0 radical (unpaired) electrons. The molecular weight excluding hydrogens is 362 g/mol. The predicted octanol–water partition coefficient (Wildman–Crippen LogP) is 4.06. The lowest BCUT2D eigenvalue weighted by atomic mass is 10.2. The molecule has 1 aliphatic rings. The average molecular weight is 385 g/mol. The van der Waals surface area contributed by atoms with Crippen LogP contribution in [0, 0.1) is 0 Å². The molecule has 27 heavy (non-hydrogen) atoms. The number of amides is 1. The Hall–Kier alpha value is -2.60. The van der Waals surface area contributed by atoms with Crippen molar-refractivity contribution in [1.82, 2.24) is 0 Å². The van der Waals surface area contributed by atoms with E-state index in [2.05, 4.69) is 5.32 Å². The first-order valence-electron chi connectivity index (χ1n) is 8.96. The molecule has 2 aromatic carbocycles. The monoisotopic (exact) mass is 385 g/mol. The highest BCUT2D eigenvalue weighted by Gasteiger charge is 2.30. The van der Waals surface area contributed by atoms with Crippen molar-refractivity contribution in [2.75, 3.05) is 12.4 Å². The minimum Gasteiger partial charge on any atom is -0.497 e. The normalized spacial score (nSPS) is 15.1. The van der Waals surface area contributed by atoms with Gasteiger partial charge in [-0.3, -0.25) is 4.79 Å². The first kappa shape index (κ1) is 19.2. The van der Waals surface area contributed by atoms with Gasteiger partial charge in [-0.1, -0.05) is 31.0 Å². The lowest BCUT2D eigenvalue weighted by Gasteiger charge is -2.12. The fraction of sp³-hybridized carbons (Fsp3) is 0.286. The number of nitrogens with one attached hydrogen (secondary N) is 1. The van der Waals surface area contributed by atoms with Gasteiger partial charge in [-0.05, 0) is 54.8 Å². The fourth-order valence-electron chi connectivity index (χ4n) is 3.21. The van der Waals surface area contributed by atoms with Gasteiger partial charge in [0.2, 0.25) is 5.91 Å². The zero-order chi connectivity index (χ0) is 19.3. The molecule has 0 aromatic heterocycles. The number of ether oxygens (including phenoxy) is 1. The van der Waals surface area contributed by atoms with Gasteiger partial charge in [0.1, 0.15) is 5.75 Å². The zero-order valence-corrected chi connectivity index (χ0v) is 16.0. The number of anilines is 1. The van der Waals surface area contributed by atoms with Crippen LogP contribution in [-0.2, 0) is 14.6 Å². The molecular formula is C21H23NO4S. The molecule has 0 aliphatic heterocycles. The lowest BCUT2D eigenvalue weighted by molar-refractivity contribution is -0.111. The number of rotatable bonds is 6. The van der Waals surface area contributed by atoms with E-state index in [0.717, 1.165) is 24.2 Å². The van der Waals surface area contributed by atoms with Crippen LogP contribution < -0.4 is 10.1 Å². The Morgan fingerprint density at radius 1 is 1.11 bits per heavy atom. The third-order valence-corrected chi connectivity index (χ3v) is 6.97. The standard InChI is InChI=1S/C21H23NO4S/c1-26-18-12-9-16(10-13-18)11-14-21(23)22-17-5-4-8-20(15-17)27(24,25)19-6-2-3-7-19/h4-5,8-15,19H,2-3,6-7H2,1H3,(H,22,23)/b14-11+. The van der Waals surface area contributed by atoms with Crippen molar-refractivity contribution >= 4 is 27.5 Å². The third kappa shape index (κ3) is 4.77. The van der Waals surface area contributed by atoms with Gasteiger partial charge in [0.25, 0.3) is 0 Å². The summed E-state index contributed by atoms with van der Waals surface area (Å²) in [5.41, 5.74) is 1.34. The number of sulfone groups is 1. The van der Waals surface area contributed by atoms with Gasteiger partial charge in [-0.15, -0.1) is 0 Å². The first-order chi connectivity index (χ1) is 13.0. The summed E-state index contributed by atoms with van der Waals surface area (Å²) < 4.78 is 30.5. The molecule has 2 aromatic rings. The van der Waals surface area contributed by atoms with Crippen LogP contribution in [0.2, 0.25) is 0 Å². The zero-order valence-electron chi connectivity index (χ0n) is 15.2. The third-order valence-electron chi connectivity index (χ3n) is 4.71. The van der Waals surface area contributed by atoms with Crippen molar-refractivity contribution in [2.24, 2.45) is 0 Å². The Labute approximate surface area is 160 Å². The van der Waals surface area contributed by atoms with Crippen molar-refractivity contribution in [3.8, 4) is 5.75 Å². The minimum atomic E-state index is -3.34. The molecule has 1 amide bonds. The summed E-state index contributed by atoms with van der Waals surface area (Å²) in [5, 5.41) is 2.42. The average Bonchev–Trinajstić information content (AvgIpc) is 3.23. The summed E-state index contributed by atoms with van der Waals surface area (Å²) in [4.78, 5) is 12.4. The van der Waals surface area contributed by atoms with Crippen LogP contribution in [0.5, 0.6) is 5.75 Å². The Balaban J connectivity index is 1.68. The predicted molar refractivity (Wildman–Crippen MR) is 107 cm³/mol. The molecule has 0 unspecified atom stereocenters. The second-order valence-electron chi connectivity index (χ2n) is 6.58. The molecule has 0 heterocycles. The van der Waals surface area contributed by atoms with Gasteiger partial charge in [-0.2, -0.15) is 0 Å². The van der Waals surface area contributed by atoms with Gasteiger partial charge in [0, 0.05) is 11.8 Å². The van der Waals surface area contributed by atoms with E-state index >= 15 is 0 Å². The van der Waals surface area contributed by atoms with Crippen LogP contribution in [0.3, 0.4) is 0 Å². The molecule has 6 heteroatoms. The molecule has 0 spiro atoms. The van der Waals surface area contributed by atoms with E-state index in [1.807, 2.05) is 24.3 Å². The van der Waals surface area contributed by atoms with Gasteiger partial charge < -0.3 is 10.1 Å². The summed E-state index contributed by atoms with van der Waals surface area (Å²) in [6.45, 7) is 0. The second kappa shape index (κ2) is 8.39. The maximum Gasteiger partial charge on any atom is 0.248 e. The molecule has 3 rings (SSSR count). The smallest absolute Gasteiger partial charge is 0.248 e. The summed E-state index contributed by atoms with van der Waals surface area (Å²) in [6, 6.07) is 13.8. The van der Waals surface area contributed by atoms with Crippen LogP contribution in [0.1, 0.15) is 31.2 Å². The van der Waals surface area contributed by atoms with E-state index in [9.17, 15) is 13.2 Å². The van der Waals surface area contributed by atoms with Gasteiger partial charge >= 0.3 is 0 Å². The maximum atomic E-state index is 12.7.